The Bertz CT molecular complexity index is 191. The van der Waals surface area contributed by atoms with Crippen LogP contribution in [-0.2, 0) is 6.42 Å². The summed E-state index contributed by atoms with van der Waals surface area (Å²) in [5.74, 6) is 1.11. The molecule has 0 unspecified atom stereocenters. The quantitative estimate of drug-likeness (QED) is 0.531. The predicted octanol–water partition coefficient (Wildman–Crippen LogP) is 2.03. The number of aryl methyl sites for hydroxylation is 1. The third-order valence-corrected chi connectivity index (χ3v) is 2.99. The lowest BCUT2D eigenvalue weighted by atomic mass is 10.4. The Morgan fingerprint density at radius 3 is 3.00 bits per heavy atom. The SMILES string of the molecule is CSSCCc1cnccn1. The van der Waals surface area contributed by atoms with E-state index < -0.39 is 0 Å². The third-order valence-electron chi connectivity index (χ3n) is 1.18. The van der Waals surface area contributed by atoms with Gasteiger partial charge < -0.3 is 0 Å². The van der Waals surface area contributed by atoms with Gasteiger partial charge in [0.05, 0.1) is 5.69 Å². The molecule has 0 saturated heterocycles. The standard InChI is InChI=1S/C7H10N2S2/c1-10-11-5-2-7-6-8-3-4-9-7/h3-4,6H,2,5H2,1H3. The molecule has 60 valence electrons. The maximum Gasteiger partial charge on any atom is 0.0595 e. The van der Waals surface area contributed by atoms with Crippen LogP contribution in [0.25, 0.3) is 0 Å². The van der Waals surface area contributed by atoms with Crippen molar-refractivity contribution in [2.45, 2.75) is 6.42 Å². The topological polar surface area (TPSA) is 25.8 Å². The first-order chi connectivity index (χ1) is 5.43. The second-order valence-corrected chi connectivity index (χ2v) is 4.62. The van der Waals surface area contributed by atoms with E-state index in [4.69, 9.17) is 0 Å². The van der Waals surface area contributed by atoms with Gasteiger partial charge in [0.15, 0.2) is 0 Å². The molecular weight excluding hydrogens is 176 g/mol. The largest absolute Gasteiger partial charge is 0.261 e. The Labute approximate surface area is 74.6 Å². The second-order valence-electron chi connectivity index (χ2n) is 1.94. The molecule has 0 spiro atoms. The zero-order valence-corrected chi connectivity index (χ0v) is 7.99. The molecule has 0 aliphatic carbocycles. The zero-order chi connectivity index (χ0) is 7.94. The van der Waals surface area contributed by atoms with Gasteiger partial charge >= 0.3 is 0 Å². The van der Waals surface area contributed by atoms with Crippen LogP contribution < -0.4 is 0 Å². The second kappa shape index (κ2) is 5.43. The summed E-state index contributed by atoms with van der Waals surface area (Å²) in [5, 5.41) is 0. The van der Waals surface area contributed by atoms with E-state index in [0.29, 0.717) is 0 Å². The van der Waals surface area contributed by atoms with Crippen molar-refractivity contribution in [3.63, 3.8) is 0 Å². The predicted molar refractivity (Wildman–Crippen MR) is 51.7 cm³/mol. The zero-order valence-electron chi connectivity index (χ0n) is 6.36. The fourth-order valence-corrected chi connectivity index (χ4v) is 1.90. The van der Waals surface area contributed by atoms with E-state index in [-0.39, 0.29) is 0 Å². The van der Waals surface area contributed by atoms with E-state index in [0.717, 1.165) is 17.9 Å². The first-order valence-corrected chi connectivity index (χ1v) is 6.06. The molecule has 0 aliphatic heterocycles. The van der Waals surface area contributed by atoms with E-state index in [2.05, 4.69) is 16.2 Å². The Morgan fingerprint density at radius 1 is 1.45 bits per heavy atom. The molecule has 2 nitrogen and oxygen atoms in total. The van der Waals surface area contributed by atoms with Crippen LogP contribution >= 0.6 is 21.6 Å². The number of rotatable bonds is 4. The molecule has 1 aromatic rings. The highest BCUT2D eigenvalue weighted by Crippen LogP contribution is 2.17. The van der Waals surface area contributed by atoms with Gasteiger partial charge in [0.1, 0.15) is 0 Å². The molecule has 1 rings (SSSR count). The van der Waals surface area contributed by atoms with Crippen LogP contribution in [0.15, 0.2) is 18.6 Å². The van der Waals surface area contributed by atoms with Crippen LogP contribution in [0, 0.1) is 0 Å². The summed E-state index contributed by atoms with van der Waals surface area (Å²) in [6.45, 7) is 0. The van der Waals surface area contributed by atoms with Gasteiger partial charge in [0, 0.05) is 30.8 Å². The van der Waals surface area contributed by atoms with Crippen LogP contribution in [0.4, 0.5) is 0 Å². The molecule has 1 aromatic heterocycles. The van der Waals surface area contributed by atoms with Gasteiger partial charge in [-0.1, -0.05) is 21.6 Å². The van der Waals surface area contributed by atoms with Gasteiger partial charge in [-0.25, -0.2) is 0 Å². The van der Waals surface area contributed by atoms with Gasteiger partial charge in [-0.05, 0) is 6.26 Å². The number of hydrogen-bond donors (Lipinski definition) is 0. The highest BCUT2D eigenvalue weighted by molar-refractivity contribution is 8.76. The van der Waals surface area contributed by atoms with Crippen LogP contribution in [-0.4, -0.2) is 22.0 Å². The number of hydrogen-bond acceptors (Lipinski definition) is 4. The molecule has 4 heteroatoms. The fourth-order valence-electron chi connectivity index (χ4n) is 0.689. The molecule has 0 saturated carbocycles. The summed E-state index contributed by atoms with van der Waals surface area (Å²) in [4.78, 5) is 8.15. The smallest absolute Gasteiger partial charge is 0.0595 e. The van der Waals surface area contributed by atoms with Crippen molar-refractivity contribution in [1.29, 1.82) is 0 Å². The van der Waals surface area contributed by atoms with Crippen molar-refractivity contribution in [3.8, 4) is 0 Å². The van der Waals surface area contributed by atoms with Crippen molar-refractivity contribution in [2.24, 2.45) is 0 Å². The van der Waals surface area contributed by atoms with E-state index in [9.17, 15) is 0 Å². The van der Waals surface area contributed by atoms with Gasteiger partial charge in [-0.3, -0.25) is 9.97 Å². The highest BCUT2D eigenvalue weighted by atomic mass is 33.1. The molecule has 11 heavy (non-hydrogen) atoms. The molecule has 0 atom stereocenters. The normalized spacial score (nSPS) is 9.91. The lowest BCUT2D eigenvalue weighted by Gasteiger charge is -1.96. The molecule has 0 fully saturated rings. The van der Waals surface area contributed by atoms with Gasteiger partial charge in [-0.2, -0.15) is 0 Å². The van der Waals surface area contributed by atoms with E-state index in [1.807, 2.05) is 17.0 Å². The van der Waals surface area contributed by atoms with Crippen LogP contribution in [0.2, 0.25) is 0 Å². The minimum Gasteiger partial charge on any atom is -0.261 e. The first kappa shape index (κ1) is 8.87. The maximum atomic E-state index is 4.17. The van der Waals surface area contributed by atoms with E-state index in [1.54, 1.807) is 23.2 Å². The Morgan fingerprint density at radius 2 is 2.36 bits per heavy atom. The van der Waals surface area contributed by atoms with E-state index in [1.165, 1.54) is 0 Å². The van der Waals surface area contributed by atoms with E-state index >= 15 is 0 Å². The first-order valence-electron chi connectivity index (χ1n) is 3.34. The van der Waals surface area contributed by atoms with Crippen molar-refractivity contribution in [2.75, 3.05) is 12.0 Å². The summed E-state index contributed by atoms with van der Waals surface area (Å²) >= 11 is 0. The fraction of sp³-hybridized carbons (Fsp3) is 0.429. The van der Waals surface area contributed by atoms with Crippen molar-refractivity contribution in [3.05, 3.63) is 24.3 Å². The van der Waals surface area contributed by atoms with Gasteiger partial charge in [0.25, 0.3) is 0 Å². The van der Waals surface area contributed by atoms with Crippen LogP contribution in [0.3, 0.4) is 0 Å². The Hall–Kier alpha value is -0.220. The van der Waals surface area contributed by atoms with Crippen LogP contribution in [0.5, 0.6) is 0 Å². The monoisotopic (exact) mass is 186 g/mol. The summed E-state index contributed by atoms with van der Waals surface area (Å²) in [7, 11) is 3.64. The van der Waals surface area contributed by atoms with Crippen LogP contribution in [0.1, 0.15) is 5.69 Å². The minimum absolute atomic E-state index is 1.01. The molecule has 0 amide bonds. The molecule has 0 radical (unpaired) electrons. The van der Waals surface area contributed by atoms with Crippen molar-refractivity contribution < 1.29 is 0 Å². The molecule has 1 heterocycles. The maximum absolute atomic E-state index is 4.17. The number of nitrogens with zero attached hydrogens (tertiary/aromatic N) is 2. The summed E-state index contributed by atoms with van der Waals surface area (Å²) in [5.41, 5.74) is 1.08. The summed E-state index contributed by atoms with van der Waals surface area (Å²) < 4.78 is 0. The molecule has 0 aliphatic rings. The summed E-state index contributed by atoms with van der Waals surface area (Å²) in [6.07, 6.45) is 8.35. The molecule has 0 bridgehead atoms. The van der Waals surface area contributed by atoms with Crippen molar-refractivity contribution >= 4 is 21.6 Å². The van der Waals surface area contributed by atoms with Gasteiger partial charge in [0.2, 0.25) is 0 Å². The molecule has 0 N–H and O–H groups in total. The lowest BCUT2D eigenvalue weighted by Crippen LogP contribution is -1.91. The minimum atomic E-state index is 1.01. The third kappa shape index (κ3) is 3.62. The molecular formula is C7H10N2S2. The average Bonchev–Trinajstić information content (AvgIpc) is 2.07. The van der Waals surface area contributed by atoms with Gasteiger partial charge in [-0.15, -0.1) is 0 Å². The summed E-state index contributed by atoms with van der Waals surface area (Å²) in [6, 6.07) is 0. The average molecular weight is 186 g/mol. The Balaban J connectivity index is 2.28. The van der Waals surface area contributed by atoms with Crippen molar-refractivity contribution in [1.82, 2.24) is 9.97 Å². The molecule has 0 aromatic carbocycles. The highest BCUT2D eigenvalue weighted by Gasteiger charge is 1.92. The number of aromatic nitrogens is 2. The lowest BCUT2D eigenvalue weighted by molar-refractivity contribution is 1.01. The Kier molecular flexibility index (Phi) is 4.38.